The summed E-state index contributed by atoms with van der Waals surface area (Å²) < 4.78 is 0. The van der Waals surface area contributed by atoms with Crippen LogP contribution in [-0.2, 0) is 0 Å². The summed E-state index contributed by atoms with van der Waals surface area (Å²) >= 11 is 0. The SMILES string of the molecule is CN1C2CCC1CN(c1ccc(N)cc1C(=O)O)CC2. The lowest BCUT2D eigenvalue weighted by Crippen LogP contribution is -2.37. The number of fused-ring (bicyclic) bond motifs is 2. The lowest BCUT2D eigenvalue weighted by Gasteiger charge is -2.28. The minimum absolute atomic E-state index is 0.311. The zero-order chi connectivity index (χ0) is 14.3. The van der Waals surface area contributed by atoms with Crippen molar-refractivity contribution in [2.75, 3.05) is 30.8 Å². The van der Waals surface area contributed by atoms with Crippen molar-refractivity contribution in [3.8, 4) is 0 Å². The number of hydrogen-bond acceptors (Lipinski definition) is 4. The van der Waals surface area contributed by atoms with Crippen LogP contribution in [0.25, 0.3) is 0 Å². The van der Waals surface area contributed by atoms with Gasteiger partial charge in [0.1, 0.15) is 0 Å². The molecular formula is C15H21N3O2. The van der Waals surface area contributed by atoms with Gasteiger partial charge in [0.15, 0.2) is 0 Å². The molecule has 2 unspecified atom stereocenters. The van der Waals surface area contributed by atoms with Crippen LogP contribution in [0.15, 0.2) is 18.2 Å². The van der Waals surface area contributed by atoms with Crippen LogP contribution in [0.4, 0.5) is 11.4 Å². The normalized spacial score (nSPS) is 26.6. The van der Waals surface area contributed by atoms with Gasteiger partial charge in [0.05, 0.1) is 11.3 Å². The van der Waals surface area contributed by atoms with Crippen molar-refractivity contribution in [1.82, 2.24) is 4.90 Å². The van der Waals surface area contributed by atoms with E-state index in [9.17, 15) is 9.90 Å². The molecule has 5 heteroatoms. The maximum atomic E-state index is 11.4. The van der Waals surface area contributed by atoms with E-state index in [4.69, 9.17) is 5.73 Å². The third-order valence-corrected chi connectivity index (χ3v) is 4.74. The molecule has 2 atom stereocenters. The highest BCUT2D eigenvalue weighted by Crippen LogP contribution is 2.32. The Morgan fingerprint density at radius 1 is 1.30 bits per heavy atom. The number of aromatic carboxylic acids is 1. The van der Waals surface area contributed by atoms with Crippen LogP contribution < -0.4 is 10.6 Å². The maximum absolute atomic E-state index is 11.4. The van der Waals surface area contributed by atoms with Crippen molar-refractivity contribution in [1.29, 1.82) is 0 Å². The Kier molecular flexibility index (Phi) is 3.30. The number of carboxylic acids is 1. The molecule has 2 aliphatic rings. The second-order valence-corrected chi connectivity index (χ2v) is 5.87. The van der Waals surface area contributed by atoms with Crippen molar-refractivity contribution >= 4 is 17.3 Å². The van der Waals surface area contributed by atoms with E-state index in [0.717, 1.165) is 25.2 Å². The number of nitrogens with zero attached hydrogens (tertiary/aromatic N) is 2. The van der Waals surface area contributed by atoms with Gasteiger partial charge in [0, 0.05) is 30.9 Å². The first kappa shape index (κ1) is 13.2. The van der Waals surface area contributed by atoms with Gasteiger partial charge in [-0.2, -0.15) is 0 Å². The van der Waals surface area contributed by atoms with Crippen LogP contribution in [0.3, 0.4) is 0 Å². The number of anilines is 2. The van der Waals surface area contributed by atoms with E-state index in [0.29, 0.717) is 23.3 Å². The molecule has 0 aliphatic carbocycles. The maximum Gasteiger partial charge on any atom is 0.337 e. The molecule has 1 aromatic rings. The Labute approximate surface area is 119 Å². The van der Waals surface area contributed by atoms with Gasteiger partial charge in [-0.15, -0.1) is 0 Å². The predicted molar refractivity (Wildman–Crippen MR) is 79.2 cm³/mol. The van der Waals surface area contributed by atoms with Crippen LogP contribution in [0.1, 0.15) is 29.6 Å². The largest absolute Gasteiger partial charge is 0.478 e. The third-order valence-electron chi connectivity index (χ3n) is 4.74. The zero-order valence-corrected chi connectivity index (χ0v) is 11.7. The van der Waals surface area contributed by atoms with Crippen molar-refractivity contribution in [2.45, 2.75) is 31.3 Å². The molecule has 0 radical (unpaired) electrons. The Hall–Kier alpha value is -1.75. The van der Waals surface area contributed by atoms with E-state index in [1.807, 2.05) is 6.07 Å². The first-order valence-electron chi connectivity index (χ1n) is 7.16. The molecule has 5 nitrogen and oxygen atoms in total. The Bertz CT molecular complexity index is 532. The second kappa shape index (κ2) is 4.98. The van der Waals surface area contributed by atoms with Gasteiger partial charge in [-0.1, -0.05) is 0 Å². The van der Waals surface area contributed by atoms with E-state index in [2.05, 4.69) is 16.8 Å². The van der Waals surface area contributed by atoms with Crippen LogP contribution in [0, 0.1) is 0 Å². The lowest BCUT2D eigenvalue weighted by molar-refractivity contribution is 0.0697. The number of hydrogen-bond donors (Lipinski definition) is 2. The number of carbonyl (C=O) groups is 1. The topological polar surface area (TPSA) is 69.8 Å². The Morgan fingerprint density at radius 2 is 2.05 bits per heavy atom. The molecule has 20 heavy (non-hydrogen) atoms. The number of benzene rings is 1. The molecule has 2 saturated heterocycles. The van der Waals surface area contributed by atoms with Crippen LogP contribution in [0.5, 0.6) is 0 Å². The van der Waals surface area contributed by atoms with Gasteiger partial charge in [0.2, 0.25) is 0 Å². The standard InChI is InChI=1S/C15H21N3O2/c1-17-11-3-4-12(17)9-18(7-6-11)14-5-2-10(16)8-13(14)15(19)20/h2,5,8,11-12H,3-4,6-7,9,16H2,1H3,(H,19,20). The molecule has 3 rings (SSSR count). The third kappa shape index (κ3) is 2.22. The van der Waals surface area contributed by atoms with E-state index in [-0.39, 0.29) is 0 Å². The van der Waals surface area contributed by atoms with Crippen molar-refractivity contribution in [2.24, 2.45) is 0 Å². The number of likely N-dealkylation sites (N-methyl/N-ethyl adjacent to an activating group) is 1. The van der Waals surface area contributed by atoms with Crippen LogP contribution in [0.2, 0.25) is 0 Å². The van der Waals surface area contributed by atoms with Gasteiger partial charge >= 0.3 is 5.97 Å². The average Bonchev–Trinajstić information content (AvgIpc) is 2.64. The zero-order valence-electron chi connectivity index (χ0n) is 11.7. The molecule has 2 aliphatic heterocycles. The fraction of sp³-hybridized carbons (Fsp3) is 0.533. The van der Waals surface area contributed by atoms with E-state index < -0.39 is 5.97 Å². The van der Waals surface area contributed by atoms with E-state index in [1.165, 1.54) is 12.8 Å². The first-order chi connectivity index (χ1) is 9.56. The highest BCUT2D eigenvalue weighted by Gasteiger charge is 2.35. The summed E-state index contributed by atoms with van der Waals surface area (Å²) in [6, 6.07) is 6.37. The molecule has 2 bridgehead atoms. The summed E-state index contributed by atoms with van der Waals surface area (Å²) in [5, 5.41) is 9.38. The van der Waals surface area contributed by atoms with E-state index >= 15 is 0 Å². The summed E-state index contributed by atoms with van der Waals surface area (Å²) in [4.78, 5) is 16.1. The molecule has 2 fully saturated rings. The van der Waals surface area contributed by atoms with Gasteiger partial charge in [-0.3, -0.25) is 4.90 Å². The predicted octanol–water partition coefficient (Wildman–Crippen LogP) is 1.64. The Balaban J connectivity index is 1.91. The molecule has 2 heterocycles. The summed E-state index contributed by atoms with van der Waals surface area (Å²) in [6.45, 7) is 1.81. The molecule has 0 amide bonds. The molecule has 0 spiro atoms. The molecule has 0 aromatic heterocycles. The highest BCUT2D eigenvalue weighted by atomic mass is 16.4. The fourth-order valence-corrected chi connectivity index (χ4v) is 3.53. The molecular weight excluding hydrogens is 254 g/mol. The summed E-state index contributed by atoms with van der Waals surface area (Å²) in [7, 11) is 2.19. The van der Waals surface area contributed by atoms with E-state index in [1.54, 1.807) is 12.1 Å². The number of nitrogens with two attached hydrogens (primary N) is 1. The molecule has 1 aromatic carbocycles. The quantitative estimate of drug-likeness (QED) is 0.803. The van der Waals surface area contributed by atoms with Gasteiger partial charge < -0.3 is 15.7 Å². The van der Waals surface area contributed by atoms with Gasteiger partial charge in [0.25, 0.3) is 0 Å². The smallest absolute Gasteiger partial charge is 0.337 e. The summed E-state index contributed by atoms with van der Waals surface area (Å²) in [5.74, 6) is -0.907. The lowest BCUT2D eigenvalue weighted by atomic mass is 10.1. The molecule has 3 N–H and O–H groups in total. The van der Waals surface area contributed by atoms with Crippen LogP contribution >= 0.6 is 0 Å². The number of rotatable bonds is 2. The van der Waals surface area contributed by atoms with Gasteiger partial charge in [-0.25, -0.2) is 4.79 Å². The number of carboxylic acid groups (broad SMARTS) is 1. The summed E-state index contributed by atoms with van der Waals surface area (Å²) in [5.41, 5.74) is 7.33. The summed E-state index contributed by atoms with van der Waals surface area (Å²) in [6.07, 6.45) is 3.56. The first-order valence-corrected chi connectivity index (χ1v) is 7.16. The molecule has 108 valence electrons. The monoisotopic (exact) mass is 275 g/mol. The number of nitrogen functional groups attached to an aromatic ring is 1. The molecule has 0 saturated carbocycles. The minimum atomic E-state index is -0.907. The highest BCUT2D eigenvalue weighted by molar-refractivity contribution is 5.95. The van der Waals surface area contributed by atoms with Crippen molar-refractivity contribution in [3.63, 3.8) is 0 Å². The van der Waals surface area contributed by atoms with Crippen molar-refractivity contribution < 1.29 is 9.90 Å². The van der Waals surface area contributed by atoms with Crippen LogP contribution in [-0.4, -0.2) is 48.2 Å². The van der Waals surface area contributed by atoms with Gasteiger partial charge in [-0.05, 0) is 44.5 Å². The fourth-order valence-electron chi connectivity index (χ4n) is 3.53. The average molecular weight is 275 g/mol. The Morgan fingerprint density at radius 3 is 2.80 bits per heavy atom. The van der Waals surface area contributed by atoms with Crippen molar-refractivity contribution in [3.05, 3.63) is 23.8 Å². The minimum Gasteiger partial charge on any atom is -0.478 e. The second-order valence-electron chi connectivity index (χ2n) is 5.87.